The summed E-state index contributed by atoms with van der Waals surface area (Å²) in [6.07, 6.45) is 2.65. The summed E-state index contributed by atoms with van der Waals surface area (Å²) in [5.74, 6) is 3.27. The Morgan fingerprint density at radius 2 is 2.05 bits per heavy atom. The van der Waals surface area contributed by atoms with E-state index in [2.05, 4.69) is 34.4 Å². The van der Waals surface area contributed by atoms with Gasteiger partial charge in [-0.2, -0.15) is 0 Å². The van der Waals surface area contributed by atoms with Crippen molar-refractivity contribution in [3.63, 3.8) is 0 Å². The Morgan fingerprint density at radius 3 is 2.68 bits per heavy atom. The second-order valence-electron chi connectivity index (χ2n) is 4.99. The lowest BCUT2D eigenvalue weighted by molar-refractivity contribution is 0.128. The van der Waals surface area contributed by atoms with Gasteiger partial charge in [0.2, 0.25) is 0 Å². The Kier molecular flexibility index (Phi) is 4.96. The van der Waals surface area contributed by atoms with Gasteiger partial charge in [-0.3, -0.25) is 0 Å². The zero-order valence-electron chi connectivity index (χ0n) is 12.1. The number of hydrogen-bond acceptors (Lipinski definition) is 5. The lowest BCUT2D eigenvalue weighted by atomic mass is 10.2. The highest BCUT2D eigenvalue weighted by molar-refractivity contribution is 5.48. The van der Waals surface area contributed by atoms with Gasteiger partial charge in [-0.1, -0.05) is 0 Å². The number of nitrogens with one attached hydrogen (secondary N) is 2. The van der Waals surface area contributed by atoms with Crippen LogP contribution in [-0.2, 0) is 11.3 Å². The van der Waals surface area contributed by atoms with Crippen molar-refractivity contribution in [3.8, 4) is 0 Å². The average molecular weight is 264 g/mol. The van der Waals surface area contributed by atoms with Gasteiger partial charge >= 0.3 is 0 Å². The van der Waals surface area contributed by atoms with E-state index in [-0.39, 0.29) is 0 Å². The molecule has 19 heavy (non-hydrogen) atoms. The molecule has 1 aliphatic rings. The van der Waals surface area contributed by atoms with Gasteiger partial charge in [0.15, 0.2) is 5.82 Å². The fraction of sp³-hybridized carbons (Fsp3) is 0.714. The average Bonchev–Trinajstić information content (AvgIpc) is 3.20. The maximum absolute atomic E-state index is 5.39. The maximum atomic E-state index is 5.39. The first kappa shape index (κ1) is 14.1. The number of aromatic nitrogens is 2. The van der Waals surface area contributed by atoms with Crippen LogP contribution in [0.15, 0.2) is 6.07 Å². The third kappa shape index (κ3) is 4.35. The molecule has 2 rings (SSSR count). The van der Waals surface area contributed by atoms with Gasteiger partial charge < -0.3 is 15.4 Å². The van der Waals surface area contributed by atoms with Crippen LogP contribution in [0.25, 0.3) is 0 Å². The Labute approximate surface area is 115 Å². The van der Waals surface area contributed by atoms with Crippen molar-refractivity contribution in [2.75, 3.05) is 23.8 Å². The quantitative estimate of drug-likeness (QED) is 0.756. The summed E-state index contributed by atoms with van der Waals surface area (Å²) in [5, 5.41) is 6.71. The molecule has 0 bridgehead atoms. The Balaban J connectivity index is 2.07. The van der Waals surface area contributed by atoms with E-state index in [0.29, 0.717) is 19.3 Å². The highest BCUT2D eigenvalue weighted by atomic mass is 16.5. The van der Waals surface area contributed by atoms with Gasteiger partial charge in [-0.15, -0.1) is 0 Å². The van der Waals surface area contributed by atoms with Crippen LogP contribution < -0.4 is 10.6 Å². The summed E-state index contributed by atoms with van der Waals surface area (Å²) in [6.45, 7) is 8.24. The van der Waals surface area contributed by atoms with Crippen molar-refractivity contribution < 1.29 is 4.74 Å². The molecule has 5 heteroatoms. The summed E-state index contributed by atoms with van der Waals surface area (Å²) >= 11 is 0. The molecule has 1 atom stereocenters. The minimum absolute atomic E-state index is 0.461. The van der Waals surface area contributed by atoms with E-state index in [1.807, 2.05) is 13.0 Å². The van der Waals surface area contributed by atoms with Crippen LogP contribution in [0.4, 0.5) is 11.6 Å². The third-order valence-corrected chi connectivity index (χ3v) is 3.27. The molecule has 5 nitrogen and oxygen atoms in total. The predicted molar refractivity (Wildman–Crippen MR) is 77.3 cm³/mol. The normalized spacial score (nSPS) is 16.2. The first-order valence-electron chi connectivity index (χ1n) is 7.19. The Hall–Kier alpha value is -1.36. The van der Waals surface area contributed by atoms with Gasteiger partial charge in [0.25, 0.3) is 0 Å². The van der Waals surface area contributed by atoms with Crippen LogP contribution in [0.3, 0.4) is 0 Å². The number of hydrogen-bond donors (Lipinski definition) is 2. The fourth-order valence-corrected chi connectivity index (χ4v) is 2.05. The first-order valence-corrected chi connectivity index (χ1v) is 7.19. The summed E-state index contributed by atoms with van der Waals surface area (Å²) in [7, 11) is 0. The van der Waals surface area contributed by atoms with E-state index in [4.69, 9.17) is 4.74 Å². The van der Waals surface area contributed by atoms with E-state index < -0.39 is 0 Å². The Morgan fingerprint density at radius 1 is 1.32 bits per heavy atom. The molecule has 0 aliphatic heterocycles. The zero-order valence-corrected chi connectivity index (χ0v) is 12.1. The molecule has 2 N–H and O–H groups in total. The molecule has 1 aliphatic carbocycles. The van der Waals surface area contributed by atoms with E-state index in [1.165, 1.54) is 12.8 Å². The van der Waals surface area contributed by atoms with Crippen LogP contribution in [0, 0.1) is 5.92 Å². The largest absolute Gasteiger partial charge is 0.374 e. The van der Waals surface area contributed by atoms with E-state index in [1.54, 1.807) is 0 Å². The van der Waals surface area contributed by atoms with Gasteiger partial charge in [-0.25, -0.2) is 9.97 Å². The lowest BCUT2D eigenvalue weighted by Crippen LogP contribution is -2.19. The standard InChI is InChI=1S/C14H24N4O/c1-4-15-12-8-13(16-10(3)11-6-7-11)18-14(17-12)9-19-5-2/h8,10-11H,4-7,9H2,1-3H3,(H2,15,16,17,18). The SMILES string of the molecule is CCNc1cc(NC(C)C2CC2)nc(COCC)n1. The van der Waals surface area contributed by atoms with Crippen molar-refractivity contribution >= 4 is 11.6 Å². The molecule has 0 aromatic carbocycles. The highest BCUT2D eigenvalue weighted by Crippen LogP contribution is 2.33. The van der Waals surface area contributed by atoms with Crippen LogP contribution in [0.2, 0.25) is 0 Å². The molecule has 1 fully saturated rings. The van der Waals surface area contributed by atoms with Gasteiger partial charge in [0.1, 0.15) is 18.2 Å². The van der Waals surface area contributed by atoms with Crippen molar-refractivity contribution in [2.24, 2.45) is 5.92 Å². The summed E-state index contributed by atoms with van der Waals surface area (Å²) in [4.78, 5) is 8.96. The second-order valence-corrected chi connectivity index (χ2v) is 4.99. The first-order chi connectivity index (χ1) is 9.22. The monoisotopic (exact) mass is 264 g/mol. The van der Waals surface area contributed by atoms with E-state index in [0.717, 1.165) is 29.9 Å². The molecular formula is C14H24N4O. The third-order valence-electron chi connectivity index (χ3n) is 3.27. The van der Waals surface area contributed by atoms with Gasteiger partial charge in [0.05, 0.1) is 0 Å². The van der Waals surface area contributed by atoms with Crippen molar-refractivity contribution in [1.29, 1.82) is 0 Å². The lowest BCUT2D eigenvalue weighted by Gasteiger charge is -2.15. The van der Waals surface area contributed by atoms with Crippen LogP contribution in [-0.4, -0.2) is 29.2 Å². The molecule has 1 heterocycles. The molecule has 0 amide bonds. The molecule has 0 spiro atoms. The number of nitrogens with zero attached hydrogens (tertiary/aromatic N) is 2. The molecule has 0 saturated heterocycles. The molecule has 1 aromatic rings. The van der Waals surface area contributed by atoms with Crippen LogP contribution >= 0.6 is 0 Å². The number of ether oxygens (including phenoxy) is 1. The summed E-state index contributed by atoms with van der Waals surface area (Å²) < 4.78 is 5.39. The van der Waals surface area contributed by atoms with Crippen LogP contribution in [0.5, 0.6) is 0 Å². The van der Waals surface area contributed by atoms with Crippen molar-refractivity contribution in [1.82, 2.24) is 9.97 Å². The van der Waals surface area contributed by atoms with E-state index >= 15 is 0 Å². The van der Waals surface area contributed by atoms with Crippen LogP contribution in [0.1, 0.15) is 39.4 Å². The minimum atomic E-state index is 0.461. The highest BCUT2D eigenvalue weighted by Gasteiger charge is 2.28. The van der Waals surface area contributed by atoms with E-state index in [9.17, 15) is 0 Å². The summed E-state index contributed by atoms with van der Waals surface area (Å²) in [6, 6.07) is 2.45. The molecule has 1 aromatic heterocycles. The smallest absolute Gasteiger partial charge is 0.158 e. The maximum Gasteiger partial charge on any atom is 0.158 e. The number of rotatable bonds is 8. The zero-order chi connectivity index (χ0) is 13.7. The van der Waals surface area contributed by atoms with Gasteiger partial charge in [-0.05, 0) is 39.5 Å². The van der Waals surface area contributed by atoms with Gasteiger partial charge in [0, 0.05) is 25.3 Å². The molecule has 106 valence electrons. The molecule has 1 saturated carbocycles. The minimum Gasteiger partial charge on any atom is -0.374 e. The molecular weight excluding hydrogens is 240 g/mol. The van der Waals surface area contributed by atoms with Crippen molar-refractivity contribution in [3.05, 3.63) is 11.9 Å². The fourth-order valence-electron chi connectivity index (χ4n) is 2.05. The second kappa shape index (κ2) is 6.70. The number of anilines is 2. The predicted octanol–water partition coefficient (Wildman–Crippen LogP) is 2.66. The Bertz CT molecular complexity index is 406. The van der Waals surface area contributed by atoms with Crippen molar-refractivity contribution in [2.45, 2.75) is 46.3 Å². The molecule has 0 radical (unpaired) electrons. The summed E-state index contributed by atoms with van der Waals surface area (Å²) in [5.41, 5.74) is 0. The topological polar surface area (TPSA) is 59.1 Å². The molecule has 1 unspecified atom stereocenters.